The van der Waals surface area contributed by atoms with Gasteiger partial charge in [0.1, 0.15) is 0 Å². The average Bonchev–Trinajstić information content (AvgIpc) is 2.39. The number of hydrogen-bond donors (Lipinski definition) is 1. The predicted molar refractivity (Wildman–Crippen MR) is 55.5 cm³/mol. The Hall–Kier alpha value is -1.09. The molecule has 0 radical (unpaired) electrons. The highest BCUT2D eigenvalue weighted by Gasteiger charge is 2.06. The molecule has 1 aromatic heterocycles. The van der Waals surface area contributed by atoms with Crippen LogP contribution in [0, 0.1) is 13.8 Å². The van der Waals surface area contributed by atoms with Crippen LogP contribution in [-0.2, 0) is 6.54 Å². The van der Waals surface area contributed by atoms with Gasteiger partial charge in [0.15, 0.2) is 0 Å². The third-order valence-corrected chi connectivity index (χ3v) is 2.16. The molecule has 0 amide bonds. The maximum Gasteiger partial charge on any atom is 0.0668 e. The topological polar surface area (TPSA) is 43.8 Å². The molecule has 2 N–H and O–H groups in total. The molecule has 1 heterocycles. The molecule has 0 bridgehead atoms. The number of aromatic nitrogens is 2. The molecule has 1 rings (SSSR count). The number of nitrogens with zero attached hydrogens (tertiary/aromatic N) is 2. The number of hydrogen-bond acceptors (Lipinski definition) is 2. The van der Waals surface area contributed by atoms with Crippen LogP contribution in [0.4, 0.5) is 0 Å². The van der Waals surface area contributed by atoms with Crippen molar-refractivity contribution in [1.29, 1.82) is 0 Å². The zero-order valence-electron chi connectivity index (χ0n) is 8.54. The second-order valence-corrected chi connectivity index (χ2v) is 3.04. The Morgan fingerprint density at radius 1 is 1.46 bits per heavy atom. The minimum Gasteiger partial charge on any atom is -0.327 e. The lowest BCUT2D eigenvalue weighted by Crippen LogP contribution is -1.98. The Morgan fingerprint density at radius 2 is 2.15 bits per heavy atom. The summed E-state index contributed by atoms with van der Waals surface area (Å²) in [6, 6.07) is 0. The van der Waals surface area contributed by atoms with Gasteiger partial charge in [-0.3, -0.25) is 4.68 Å². The first kappa shape index (κ1) is 9.99. The second-order valence-electron chi connectivity index (χ2n) is 3.04. The SMILES string of the molecule is CCn1nc(C)c(/C=C/CN)c1C. The lowest BCUT2D eigenvalue weighted by molar-refractivity contribution is 0.634. The summed E-state index contributed by atoms with van der Waals surface area (Å²) >= 11 is 0. The van der Waals surface area contributed by atoms with Crippen molar-refractivity contribution in [3.8, 4) is 0 Å². The van der Waals surface area contributed by atoms with Crippen molar-refractivity contribution >= 4 is 6.08 Å². The molecule has 0 aliphatic rings. The van der Waals surface area contributed by atoms with Crippen LogP contribution >= 0.6 is 0 Å². The van der Waals surface area contributed by atoms with Gasteiger partial charge in [-0.15, -0.1) is 0 Å². The molecule has 0 spiro atoms. The van der Waals surface area contributed by atoms with E-state index in [9.17, 15) is 0 Å². The van der Waals surface area contributed by atoms with Crippen molar-refractivity contribution in [1.82, 2.24) is 9.78 Å². The van der Waals surface area contributed by atoms with Crippen molar-refractivity contribution in [2.45, 2.75) is 27.3 Å². The molecule has 0 aromatic carbocycles. The molecule has 1 aromatic rings. The Bertz CT molecular complexity index is 310. The molecule has 0 unspecified atom stereocenters. The number of nitrogens with two attached hydrogens (primary N) is 1. The normalized spacial score (nSPS) is 11.4. The first-order valence-corrected chi connectivity index (χ1v) is 4.61. The summed E-state index contributed by atoms with van der Waals surface area (Å²) in [5.74, 6) is 0. The standard InChI is InChI=1S/C10H17N3/c1-4-13-9(3)10(6-5-7-11)8(2)12-13/h5-6H,4,7,11H2,1-3H3/b6-5+. The monoisotopic (exact) mass is 179 g/mol. The van der Waals surface area contributed by atoms with Crippen LogP contribution < -0.4 is 5.73 Å². The summed E-state index contributed by atoms with van der Waals surface area (Å²) in [5, 5.41) is 4.41. The van der Waals surface area contributed by atoms with Gasteiger partial charge in [0.05, 0.1) is 5.69 Å². The molecule has 3 nitrogen and oxygen atoms in total. The Balaban J connectivity index is 3.05. The summed E-state index contributed by atoms with van der Waals surface area (Å²) in [6.07, 6.45) is 4.00. The van der Waals surface area contributed by atoms with Crippen molar-refractivity contribution in [3.05, 3.63) is 23.0 Å². The summed E-state index contributed by atoms with van der Waals surface area (Å²) in [6.45, 7) is 7.70. The first-order chi connectivity index (χ1) is 6.20. The number of aryl methyl sites for hydroxylation is 2. The molecule has 0 atom stereocenters. The van der Waals surface area contributed by atoms with Gasteiger partial charge in [-0.25, -0.2) is 0 Å². The zero-order chi connectivity index (χ0) is 9.84. The Labute approximate surface area is 79.2 Å². The van der Waals surface area contributed by atoms with Gasteiger partial charge in [-0.05, 0) is 20.8 Å². The Kier molecular flexibility index (Phi) is 3.25. The van der Waals surface area contributed by atoms with Crippen molar-refractivity contribution in [3.63, 3.8) is 0 Å². The molecule has 0 saturated carbocycles. The van der Waals surface area contributed by atoms with E-state index >= 15 is 0 Å². The van der Waals surface area contributed by atoms with Crippen molar-refractivity contribution < 1.29 is 0 Å². The third-order valence-electron chi connectivity index (χ3n) is 2.16. The summed E-state index contributed by atoms with van der Waals surface area (Å²) < 4.78 is 2.01. The maximum atomic E-state index is 5.40. The van der Waals surface area contributed by atoms with Crippen molar-refractivity contribution in [2.75, 3.05) is 6.54 Å². The molecule has 72 valence electrons. The second kappa shape index (κ2) is 4.23. The average molecular weight is 179 g/mol. The predicted octanol–water partition coefficient (Wildman–Crippen LogP) is 1.49. The Morgan fingerprint density at radius 3 is 2.62 bits per heavy atom. The smallest absolute Gasteiger partial charge is 0.0668 e. The molecule has 0 aliphatic heterocycles. The van der Waals surface area contributed by atoms with Crippen LogP contribution in [0.5, 0.6) is 0 Å². The van der Waals surface area contributed by atoms with Crippen LogP contribution in [0.25, 0.3) is 6.08 Å². The molecule has 0 fully saturated rings. The van der Waals surface area contributed by atoms with Crippen LogP contribution in [-0.4, -0.2) is 16.3 Å². The maximum absolute atomic E-state index is 5.40. The summed E-state index contributed by atoms with van der Waals surface area (Å²) in [4.78, 5) is 0. The van der Waals surface area contributed by atoms with E-state index in [1.165, 1.54) is 11.3 Å². The van der Waals surface area contributed by atoms with Crippen LogP contribution in [0.2, 0.25) is 0 Å². The molecular weight excluding hydrogens is 162 g/mol. The van der Waals surface area contributed by atoms with E-state index < -0.39 is 0 Å². The highest BCUT2D eigenvalue weighted by atomic mass is 15.3. The van der Waals surface area contributed by atoms with Crippen molar-refractivity contribution in [2.24, 2.45) is 5.73 Å². The lowest BCUT2D eigenvalue weighted by atomic mass is 10.2. The fourth-order valence-electron chi connectivity index (χ4n) is 1.45. The number of rotatable bonds is 3. The highest BCUT2D eigenvalue weighted by molar-refractivity contribution is 5.54. The van der Waals surface area contributed by atoms with Crippen LogP contribution in [0.1, 0.15) is 23.9 Å². The van der Waals surface area contributed by atoms with Gasteiger partial charge in [-0.2, -0.15) is 5.10 Å². The molecule has 3 heteroatoms. The lowest BCUT2D eigenvalue weighted by Gasteiger charge is -1.97. The van der Waals surface area contributed by atoms with Gasteiger partial charge in [0, 0.05) is 24.3 Å². The fourth-order valence-corrected chi connectivity index (χ4v) is 1.45. The van der Waals surface area contributed by atoms with E-state index in [4.69, 9.17) is 5.73 Å². The van der Waals surface area contributed by atoms with Crippen LogP contribution in [0.3, 0.4) is 0 Å². The van der Waals surface area contributed by atoms with E-state index in [2.05, 4.69) is 18.9 Å². The van der Waals surface area contributed by atoms with Gasteiger partial charge in [0.2, 0.25) is 0 Å². The van der Waals surface area contributed by atoms with E-state index in [1.54, 1.807) is 0 Å². The van der Waals surface area contributed by atoms with Gasteiger partial charge < -0.3 is 5.73 Å². The molecule has 13 heavy (non-hydrogen) atoms. The van der Waals surface area contributed by atoms with Gasteiger partial charge in [-0.1, -0.05) is 12.2 Å². The van der Waals surface area contributed by atoms with Crippen LogP contribution in [0.15, 0.2) is 6.08 Å². The first-order valence-electron chi connectivity index (χ1n) is 4.61. The van der Waals surface area contributed by atoms with Gasteiger partial charge >= 0.3 is 0 Å². The van der Waals surface area contributed by atoms with E-state index in [0.29, 0.717) is 6.54 Å². The fraction of sp³-hybridized carbons (Fsp3) is 0.500. The molecule has 0 aliphatic carbocycles. The van der Waals surface area contributed by atoms with E-state index in [-0.39, 0.29) is 0 Å². The zero-order valence-corrected chi connectivity index (χ0v) is 8.54. The minimum absolute atomic E-state index is 0.580. The summed E-state index contributed by atoms with van der Waals surface area (Å²) in [7, 11) is 0. The molecular formula is C10H17N3. The van der Waals surface area contributed by atoms with E-state index in [1.807, 2.05) is 23.8 Å². The van der Waals surface area contributed by atoms with Gasteiger partial charge in [0.25, 0.3) is 0 Å². The highest BCUT2D eigenvalue weighted by Crippen LogP contribution is 2.14. The minimum atomic E-state index is 0.580. The van der Waals surface area contributed by atoms with E-state index in [0.717, 1.165) is 12.2 Å². The summed E-state index contributed by atoms with van der Waals surface area (Å²) in [5.41, 5.74) is 8.89. The largest absolute Gasteiger partial charge is 0.327 e. The third kappa shape index (κ3) is 1.98. The quantitative estimate of drug-likeness (QED) is 0.764. The molecule has 0 saturated heterocycles.